The first-order valence-corrected chi connectivity index (χ1v) is 8.63. The molecule has 7 heteroatoms. The van der Waals surface area contributed by atoms with Gasteiger partial charge in [0, 0.05) is 25.8 Å². The summed E-state index contributed by atoms with van der Waals surface area (Å²) in [6.45, 7) is 7.27. The van der Waals surface area contributed by atoms with Gasteiger partial charge in [0.1, 0.15) is 10.6 Å². The molecule has 1 saturated heterocycles. The highest BCUT2D eigenvalue weighted by molar-refractivity contribution is 7.89. The Labute approximate surface area is 125 Å². The smallest absolute Gasteiger partial charge is 0.352 e. The van der Waals surface area contributed by atoms with Gasteiger partial charge in [-0.05, 0) is 31.2 Å². The SMILES string of the molecule is CCn1cc(S(=O)(=O)N2CC(C)CC(C)C2)cc1C(=O)O. The van der Waals surface area contributed by atoms with Crippen LogP contribution in [0.25, 0.3) is 0 Å². The Balaban J connectivity index is 2.37. The third-order valence-electron chi connectivity index (χ3n) is 3.90. The number of aromatic carboxylic acids is 1. The zero-order valence-electron chi connectivity index (χ0n) is 12.6. The van der Waals surface area contributed by atoms with Gasteiger partial charge in [0.25, 0.3) is 0 Å². The molecular formula is C14H22N2O4S. The first-order valence-electron chi connectivity index (χ1n) is 7.19. The minimum Gasteiger partial charge on any atom is -0.477 e. The molecule has 0 aromatic carbocycles. The van der Waals surface area contributed by atoms with Crippen molar-refractivity contribution in [3.05, 3.63) is 18.0 Å². The molecule has 0 aliphatic carbocycles. The van der Waals surface area contributed by atoms with Gasteiger partial charge in [-0.25, -0.2) is 13.2 Å². The van der Waals surface area contributed by atoms with Crippen LogP contribution >= 0.6 is 0 Å². The monoisotopic (exact) mass is 314 g/mol. The maximum absolute atomic E-state index is 12.7. The molecule has 0 radical (unpaired) electrons. The highest BCUT2D eigenvalue weighted by Gasteiger charge is 2.33. The van der Waals surface area contributed by atoms with Crippen molar-refractivity contribution in [2.75, 3.05) is 13.1 Å². The van der Waals surface area contributed by atoms with Crippen LogP contribution < -0.4 is 0 Å². The zero-order valence-corrected chi connectivity index (χ0v) is 13.4. The van der Waals surface area contributed by atoms with E-state index in [1.165, 1.54) is 21.1 Å². The van der Waals surface area contributed by atoms with Gasteiger partial charge >= 0.3 is 5.97 Å². The van der Waals surface area contributed by atoms with Crippen molar-refractivity contribution in [1.82, 2.24) is 8.87 Å². The lowest BCUT2D eigenvalue weighted by atomic mass is 9.94. The average molecular weight is 314 g/mol. The normalized spacial score (nSPS) is 24.1. The molecule has 0 spiro atoms. The number of piperidine rings is 1. The average Bonchev–Trinajstić information content (AvgIpc) is 2.82. The van der Waals surface area contributed by atoms with Crippen LogP contribution in [-0.2, 0) is 16.6 Å². The number of nitrogens with zero attached hydrogens (tertiary/aromatic N) is 2. The number of aromatic nitrogens is 1. The molecule has 0 bridgehead atoms. The van der Waals surface area contributed by atoms with Crippen molar-refractivity contribution in [2.24, 2.45) is 11.8 Å². The first-order chi connectivity index (χ1) is 9.75. The molecule has 1 aromatic heterocycles. The molecule has 0 amide bonds. The van der Waals surface area contributed by atoms with E-state index in [4.69, 9.17) is 5.11 Å². The summed E-state index contributed by atoms with van der Waals surface area (Å²) in [4.78, 5) is 11.2. The van der Waals surface area contributed by atoms with Crippen LogP contribution in [0, 0.1) is 11.8 Å². The van der Waals surface area contributed by atoms with Crippen molar-refractivity contribution in [3.63, 3.8) is 0 Å². The van der Waals surface area contributed by atoms with Gasteiger partial charge in [0.15, 0.2) is 0 Å². The van der Waals surface area contributed by atoms with Gasteiger partial charge < -0.3 is 9.67 Å². The minimum absolute atomic E-state index is 0.00850. The van der Waals surface area contributed by atoms with E-state index in [2.05, 4.69) is 0 Å². The van der Waals surface area contributed by atoms with Crippen molar-refractivity contribution >= 4 is 16.0 Å². The third kappa shape index (κ3) is 3.13. The number of rotatable bonds is 4. The van der Waals surface area contributed by atoms with E-state index in [-0.39, 0.29) is 10.6 Å². The van der Waals surface area contributed by atoms with Crippen molar-refractivity contribution in [3.8, 4) is 0 Å². The second kappa shape index (κ2) is 5.81. The molecule has 1 aliphatic rings. The first kappa shape index (κ1) is 16.0. The van der Waals surface area contributed by atoms with Crippen molar-refractivity contribution < 1.29 is 18.3 Å². The summed E-state index contributed by atoms with van der Waals surface area (Å²) in [5, 5.41) is 9.14. The van der Waals surface area contributed by atoms with Crippen LogP contribution in [0.15, 0.2) is 17.2 Å². The Morgan fingerprint density at radius 1 is 1.33 bits per heavy atom. The molecular weight excluding hydrogens is 292 g/mol. The lowest BCUT2D eigenvalue weighted by molar-refractivity contribution is 0.0685. The molecule has 118 valence electrons. The molecule has 2 rings (SSSR count). The Bertz CT molecular complexity index is 625. The summed E-state index contributed by atoms with van der Waals surface area (Å²) in [7, 11) is -3.62. The van der Waals surface area contributed by atoms with E-state index in [1.54, 1.807) is 6.92 Å². The van der Waals surface area contributed by atoms with E-state index >= 15 is 0 Å². The van der Waals surface area contributed by atoms with E-state index in [0.717, 1.165) is 6.42 Å². The number of carbonyl (C=O) groups is 1. The highest BCUT2D eigenvalue weighted by Crippen LogP contribution is 2.27. The molecule has 0 saturated carbocycles. The van der Waals surface area contributed by atoms with Gasteiger partial charge in [0.2, 0.25) is 10.0 Å². The van der Waals surface area contributed by atoms with Gasteiger partial charge in [-0.3, -0.25) is 0 Å². The molecule has 1 N–H and O–H groups in total. The Morgan fingerprint density at radius 3 is 2.33 bits per heavy atom. The zero-order chi connectivity index (χ0) is 15.8. The van der Waals surface area contributed by atoms with Crippen LogP contribution in [0.1, 0.15) is 37.7 Å². The molecule has 2 unspecified atom stereocenters. The van der Waals surface area contributed by atoms with Gasteiger partial charge in [-0.2, -0.15) is 4.31 Å². The largest absolute Gasteiger partial charge is 0.477 e. The number of sulfonamides is 1. The van der Waals surface area contributed by atoms with Crippen LogP contribution in [0.5, 0.6) is 0 Å². The predicted octanol–water partition coefficient (Wildman–Crippen LogP) is 1.87. The Hall–Kier alpha value is -1.34. The fourth-order valence-corrected chi connectivity index (χ4v) is 4.74. The molecule has 21 heavy (non-hydrogen) atoms. The summed E-state index contributed by atoms with van der Waals surface area (Å²) in [6, 6.07) is 1.26. The fourth-order valence-electron chi connectivity index (χ4n) is 3.02. The summed E-state index contributed by atoms with van der Waals surface area (Å²) >= 11 is 0. The van der Waals surface area contributed by atoms with Crippen LogP contribution in [0.4, 0.5) is 0 Å². The van der Waals surface area contributed by atoms with Crippen LogP contribution in [0.2, 0.25) is 0 Å². The van der Waals surface area contributed by atoms with Crippen LogP contribution in [-0.4, -0.2) is 41.5 Å². The molecule has 1 aromatic rings. The number of aryl methyl sites for hydroxylation is 1. The van der Waals surface area contributed by atoms with Gasteiger partial charge in [0.05, 0.1) is 0 Å². The summed E-state index contributed by atoms with van der Waals surface area (Å²) in [5.41, 5.74) is 0.00850. The molecule has 2 atom stereocenters. The van der Waals surface area contributed by atoms with E-state index < -0.39 is 16.0 Å². The number of carboxylic acid groups (broad SMARTS) is 1. The van der Waals surface area contributed by atoms with Crippen LogP contribution in [0.3, 0.4) is 0 Å². The number of hydrogen-bond donors (Lipinski definition) is 1. The molecule has 1 aliphatic heterocycles. The number of carboxylic acids is 1. The maximum Gasteiger partial charge on any atom is 0.352 e. The summed E-state index contributed by atoms with van der Waals surface area (Å²) in [6.07, 6.45) is 2.44. The highest BCUT2D eigenvalue weighted by atomic mass is 32.2. The third-order valence-corrected chi connectivity index (χ3v) is 5.70. The molecule has 6 nitrogen and oxygen atoms in total. The van der Waals surface area contributed by atoms with Crippen molar-refractivity contribution in [2.45, 2.75) is 38.6 Å². The van der Waals surface area contributed by atoms with Gasteiger partial charge in [-0.1, -0.05) is 13.8 Å². The molecule has 1 fully saturated rings. The fraction of sp³-hybridized carbons (Fsp3) is 0.643. The lowest BCUT2D eigenvalue weighted by Gasteiger charge is -2.33. The lowest BCUT2D eigenvalue weighted by Crippen LogP contribution is -2.42. The summed E-state index contributed by atoms with van der Waals surface area (Å²) < 4.78 is 28.3. The van der Waals surface area contributed by atoms with E-state index in [0.29, 0.717) is 31.5 Å². The van der Waals surface area contributed by atoms with E-state index in [1.807, 2.05) is 13.8 Å². The quantitative estimate of drug-likeness (QED) is 0.920. The topological polar surface area (TPSA) is 79.6 Å². The Morgan fingerprint density at radius 2 is 1.90 bits per heavy atom. The second-order valence-electron chi connectivity index (χ2n) is 5.92. The molecule has 2 heterocycles. The summed E-state index contributed by atoms with van der Waals surface area (Å²) in [5.74, 6) is -0.481. The van der Waals surface area contributed by atoms with Gasteiger partial charge in [-0.15, -0.1) is 0 Å². The number of hydrogen-bond acceptors (Lipinski definition) is 3. The standard InChI is InChI=1S/C14H22N2O4S/c1-4-15-9-12(6-13(15)14(17)18)21(19,20)16-7-10(2)5-11(3)8-16/h6,9-11H,4-5,7-8H2,1-3H3,(H,17,18). The minimum atomic E-state index is -3.62. The Kier molecular flexibility index (Phi) is 4.43. The second-order valence-corrected chi connectivity index (χ2v) is 7.86. The van der Waals surface area contributed by atoms with Crippen molar-refractivity contribution in [1.29, 1.82) is 0 Å². The maximum atomic E-state index is 12.7. The predicted molar refractivity (Wildman–Crippen MR) is 78.8 cm³/mol. The van der Waals surface area contributed by atoms with E-state index in [9.17, 15) is 13.2 Å².